The van der Waals surface area contributed by atoms with Crippen LogP contribution in [0.4, 0.5) is 11.4 Å². The van der Waals surface area contributed by atoms with E-state index in [9.17, 15) is 4.79 Å². The van der Waals surface area contributed by atoms with Gasteiger partial charge in [0.05, 0.1) is 16.9 Å². The van der Waals surface area contributed by atoms with Gasteiger partial charge in [-0.3, -0.25) is 4.79 Å². The maximum atomic E-state index is 12.8. The van der Waals surface area contributed by atoms with Crippen LogP contribution in [0, 0.1) is 20.8 Å². The third kappa shape index (κ3) is 1.72. The van der Waals surface area contributed by atoms with Gasteiger partial charge in [0, 0.05) is 12.1 Å². The Morgan fingerprint density at radius 2 is 2.00 bits per heavy atom. The van der Waals surface area contributed by atoms with Crippen molar-refractivity contribution in [1.29, 1.82) is 0 Å². The predicted molar refractivity (Wildman–Crippen MR) is 79.2 cm³/mol. The number of furan rings is 1. The number of fused-ring (bicyclic) bond motifs is 1. The fourth-order valence-electron chi connectivity index (χ4n) is 2.93. The lowest BCUT2D eigenvalue weighted by atomic mass is 10.1. The lowest BCUT2D eigenvalue weighted by Crippen LogP contribution is -2.30. The molecule has 4 heteroatoms. The molecule has 0 atom stereocenters. The van der Waals surface area contributed by atoms with Gasteiger partial charge in [-0.25, -0.2) is 0 Å². The second kappa shape index (κ2) is 4.40. The zero-order valence-electron chi connectivity index (χ0n) is 12.0. The van der Waals surface area contributed by atoms with E-state index in [4.69, 9.17) is 10.2 Å². The summed E-state index contributed by atoms with van der Waals surface area (Å²) in [4.78, 5) is 14.6. The Bertz CT molecular complexity index is 701. The van der Waals surface area contributed by atoms with E-state index >= 15 is 0 Å². The van der Waals surface area contributed by atoms with Crippen LogP contribution in [0.3, 0.4) is 0 Å². The molecule has 1 aliphatic rings. The number of nitrogens with two attached hydrogens (primary N) is 1. The van der Waals surface area contributed by atoms with Crippen molar-refractivity contribution in [3.05, 3.63) is 46.4 Å². The molecule has 2 heterocycles. The van der Waals surface area contributed by atoms with Crippen LogP contribution >= 0.6 is 0 Å². The van der Waals surface area contributed by atoms with E-state index in [0.29, 0.717) is 23.6 Å². The lowest BCUT2D eigenvalue weighted by Gasteiger charge is -2.19. The minimum Gasteiger partial charge on any atom is -0.466 e. The summed E-state index contributed by atoms with van der Waals surface area (Å²) in [5, 5.41) is 0. The molecule has 0 fully saturated rings. The molecular formula is C16H18N2O2. The zero-order chi connectivity index (χ0) is 14.4. The standard InChI is InChI=1S/C16H18N2O2/c1-9-10(2)20-11(3)14(9)16(19)18-8-7-12-5-4-6-13(17)15(12)18/h4-6H,7-8,17H2,1-3H3. The van der Waals surface area contributed by atoms with Crippen LogP contribution < -0.4 is 10.6 Å². The maximum absolute atomic E-state index is 12.8. The average Bonchev–Trinajstić information content (AvgIpc) is 2.93. The number of aryl methyl sites for hydroxylation is 2. The van der Waals surface area contributed by atoms with Crippen molar-refractivity contribution >= 4 is 17.3 Å². The predicted octanol–water partition coefficient (Wildman–Crippen LogP) is 2.99. The molecule has 0 radical (unpaired) electrons. The molecule has 20 heavy (non-hydrogen) atoms. The van der Waals surface area contributed by atoms with Gasteiger partial charge in [-0.05, 0) is 38.8 Å². The zero-order valence-corrected chi connectivity index (χ0v) is 12.0. The number of rotatable bonds is 1. The summed E-state index contributed by atoms with van der Waals surface area (Å²) in [7, 11) is 0. The maximum Gasteiger partial charge on any atom is 0.262 e. The second-order valence-electron chi connectivity index (χ2n) is 5.28. The number of nitrogen functional groups attached to an aromatic ring is 1. The number of amides is 1. The Morgan fingerprint density at radius 1 is 1.25 bits per heavy atom. The van der Waals surface area contributed by atoms with Gasteiger partial charge in [0.2, 0.25) is 0 Å². The molecule has 0 bridgehead atoms. The van der Waals surface area contributed by atoms with Gasteiger partial charge >= 0.3 is 0 Å². The molecule has 0 saturated heterocycles. The monoisotopic (exact) mass is 270 g/mol. The van der Waals surface area contributed by atoms with Crippen LogP contribution in [0.15, 0.2) is 22.6 Å². The fourth-order valence-corrected chi connectivity index (χ4v) is 2.93. The molecule has 2 aromatic rings. The van der Waals surface area contributed by atoms with Crippen LogP contribution in [0.1, 0.15) is 33.0 Å². The Kier molecular flexibility index (Phi) is 2.82. The highest BCUT2D eigenvalue weighted by atomic mass is 16.3. The average molecular weight is 270 g/mol. The molecule has 2 N–H and O–H groups in total. The first-order chi connectivity index (χ1) is 9.50. The number of nitrogens with zero attached hydrogens (tertiary/aromatic N) is 1. The van der Waals surface area contributed by atoms with Crippen molar-refractivity contribution in [3.8, 4) is 0 Å². The first kappa shape index (κ1) is 12.8. The second-order valence-corrected chi connectivity index (χ2v) is 5.28. The molecular weight excluding hydrogens is 252 g/mol. The van der Waals surface area contributed by atoms with E-state index in [0.717, 1.165) is 29.0 Å². The van der Waals surface area contributed by atoms with E-state index in [1.54, 1.807) is 4.90 Å². The Balaban J connectivity index is 2.07. The van der Waals surface area contributed by atoms with Gasteiger partial charge < -0.3 is 15.1 Å². The molecule has 1 aromatic carbocycles. The van der Waals surface area contributed by atoms with E-state index in [1.807, 2.05) is 39.0 Å². The van der Waals surface area contributed by atoms with E-state index in [-0.39, 0.29) is 5.91 Å². The molecule has 1 aliphatic heterocycles. The van der Waals surface area contributed by atoms with E-state index in [2.05, 4.69) is 0 Å². The molecule has 0 saturated carbocycles. The van der Waals surface area contributed by atoms with Crippen LogP contribution in [0.5, 0.6) is 0 Å². The van der Waals surface area contributed by atoms with Crippen molar-refractivity contribution in [1.82, 2.24) is 0 Å². The molecule has 0 unspecified atom stereocenters. The van der Waals surface area contributed by atoms with Gasteiger partial charge in [0.15, 0.2) is 0 Å². The summed E-state index contributed by atoms with van der Waals surface area (Å²) in [6.07, 6.45) is 0.848. The molecule has 0 spiro atoms. The minimum absolute atomic E-state index is 0.0199. The Morgan fingerprint density at radius 3 is 2.65 bits per heavy atom. The molecule has 4 nitrogen and oxygen atoms in total. The fraction of sp³-hybridized carbons (Fsp3) is 0.312. The van der Waals surface area contributed by atoms with Crippen molar-refractivity contribution < 1.29 is 9.21 Å². The molecule has 104 valence electrons. The number of anilines is 2. The summed E-state index contributed by atoms with van der Waals surface area (Å²) >= 11 is 0. The number of carbonyl (C=O) groups is 1. The molecule has 0 aliphatic carbocycles. The minimum atomic E-state index is -0.0199. The van der Waals surface area contributed by atoms with Crippen molar-refractivity contribution in [2.75, 3.05) is 17.2 Å². The van der Waals surface area contributed by atoms with Crippen LogP contribution in [0.25, 0.3) is 0 Å². The van der Waals surface area contributed by atoms with Crippen LogP contribution in [-0.4, -0.2) is 12.5 Å². The Labute approximate surface area is 118 Å². The van der Waals surface area contributed by atoms with Crippen molar-refractivity contribution in [2.45, 2.75) is 27.2 Å². The SMILES string of the molecule is Cc1oc(C)c(C(=O)N2CCc3cccc(N)c32)c1C. The summed E-state index contributed by atoms with van der Waals surface area (Å²) in [5.41, 5.74) is 10.3. The summed E-state index contributed by atoms with van der Waals surface area (Å²) in [6.45, 7) is 6.31. The number of para-hydroxylation sites is 1. The van der Waals surface area contributed by atoms with Gasteiger partial charge in [-0.2, -0.15) is 0 Å². The van der Waals surface area contributed by atoms with Gasteiger partial charge in [0.25, 0.3) is 5.91 Å². The highest BCUT2D eigenvalue weighted by Gasteiger charge is 2.30. The first-order valence-electron chi connectivity index (χ1n) is 6.76. The van der Waals surface area contributed by atoms with Crippen LogP contribution in [-0.2, 0) is 6.42 Å². The molecule has 1 amide bonds. The van der Waals surface area contributed by atoms with Crippen molar-refractivity contribution in [3.63, 3.8) is 0 Å². The molecule has 1 aromatic heterocycles. The normalized spacial score (nSPS) is 13.7. The largest absolute Gasteiger partial charge is 0.466 e. The Hall–Kier alpha value is -2.23. The van der Waals surface area contributed by atoms with Crippen LogP contribution in [0.2, 0.25) is 0 Å². The van der Waals surface area contributed by atoms with E-state index < -0.39 is 0 Å². The third-order valence-corrected chi connectivity index (χ3v) is 4.05. The van der Waals surface area contributed by atoms with E-state index in [1.165, 1.54) is 0 Å². The summed E-state index contributed by atoms with van der Waals surface area (Å²) in [5.74, 6) is 1.45. The quantitative estimate of drug-likeness (QED) is 0.810. The number of hydrogen-bond acceptors (Lipinski definition) is 3. The highest BCUT2D eigenvalue weighted by Crippen LogP contribution is 2.35. The summed E-state index contributed by atoms with van der Waals surface area (Å²) < 4.78 is 5.57. The lowest BCUT2D eigenvalue weighted by molar-refractivity contribution is 0.0987. The topological polar surface area (TPSA) is 59.5 Å². The molecule has 3 rings (SSSR count). The van der Waals surface area contributed by atoms with Gasteiger partial charge in [0.1, 0.15) is 11.5 Å². The number of carbonyl (C=O) groups excluding carboxylic acids is 1. The third-order valence-electron chi connectivity index (χ3n) is 4.05. The van der Waals surface area contributed by atoms with Gasteiger partial charge in [-0.15, -0.1) is 0 Å². The number of hydrogen-bond donors (Lipinski definition) is 1. The van der Waals surface area contributed by atoms with Crippen molar-refractivity contribution in [2.24, 2.45) is 0 Å². The highest BCUT2D eigenvalue weighted by molar-refractivity contribution is 6.10. The first-order valence-corrected chi connectivity index (χ1v) is 6.76. The number of benzene rings is 1. The summed E-state index contributed by atoms with van der Waals surface area (Å²) in [6, 6.07) is 5.80. The van der Waals surface area contributed by atoms with Gasteiger partial charge in [-0.1, -0.05) is 12.1 Å². The smallest absolute Gasteiger partial charge is 0.262 e.